The van der Waals surface area contributed by atoms with Gasteiger partial charge >= 0.3 is 0 Å². The lowest BCUT2D eigenvalue weighted by Crippen LogP contribution is -2.53. The van der Waals surface area contributed by atoms with Crippen LogP contribution >= 0.6 is 24.4 Å². The Labute approximate surface area is 89.5 Å². The fourth-order valence-corrected chi connectivity index (χ4v) is 3.18. The zero-order valence-corrected chi connectivity index (χ0v) is 9.36. The fraction of sp³-hybridized carbons (Fsp3) is 0.778. The lowest BCUT2D eigenvalue weighted by atomic mass is 9.74. The summed E-state index contributed by atoms with van der Waals surface area (Å²) in [6.45, 7) is 2.26. The van der Waals surface area contributed by atoms with E-state index in [0.29, 0.717) is 11.0 Å². The lowest BCUT2D eigenvalue weighted by Gasteiger charge is -2.38. The second kappa shape index (κ2) is 3.17. The van der Waals surface area contributed by atoms with Gasteiger partial charge in [-0.3, -0.25) is 0 Å². The third-order valence-electron chi connectivity index (χ3n) is 3.27. The summed E-state index contributed by atoms with van der Waals surface area (Å²) in [4.78, 5) is 0.907. The van der Waals surface area contributed by atoms with E-state index in [1.165, 1.54) is 19.3 Å². The Balaban J connectivity index is 2.26. The predicted molar refractivity (Wildman–Crippen MR) is 61.8 cm³/mol. The third kappa shape index (κ3) is 1.36. The summed E-state index contributed by atoms with van der Waals surface area (Å²) in [7, 11) is 0. The largest absolute Gasteiger partial charge is 0.350 e. The molecule has 13 heavy (non-hydrogen) atoms. The zero-order valence-electron chi connectivity index (χ0n) is 7.72. The van der Waals surface area contributed by atoms with Gasteiger partial charge in [-0.15, -0.1) is 0 Å². The summed E-state index contributed by atoms with van der Waals surface area (Å²) in [5, 5.41) is 7.11. The molecule has 1 spiro atoms. The molecule has 2 atom stereocenters. The van der Waals surface area contributed by atoms with Crippen LogP contribution in [-0.2, 0) is 0 Å². The fourth-order valence-electron chi connectivity index (χ4n) is 2.38. The Morgan fingerprint density at radius 1 is 1.38 bits per heavy atom. The number of hydrogen-bond acceptors (Lipinski definition) is 2. The molecule has 0 amide bonds. The first-order valence-corrected chi connectivity index (χ1v) is 5.60. The summed E-state index contributed by atoms with van der Waals surface area (Å²) in [6, 6.07) is 0. The lowest BCUT2D eigenvalue weighted by molar-refractivity contribution is 0.261. The molecule has 2 aliphatic rings. The van der Waals surface area contributed by atoms with Crippen LogP contribution in [0.5, 0.6) is 0 Å². The molecule has 2 fully saturated rings. The maximum atomic E-state index is 5.34. The van der Waals surface area contributed by atoms with E-state index >= 15 is 0 Å². The van der Waals surface area contributed by atoms with Gasteiger partial charge < -0.3 is 10.6 Å². The van der Waals surface area contributed by atoms with Crippen molar-refractivity contribution in [2.24, 2.45) is 5.92 Å². The van der Waals surface area contributed by atoms with Gasteiger partial charge in [-0.2, -0.15) is 0 Å². The Hall–Kier alpha value is -0.220. The number of rotatable bonds is 0. The summed E-state index contributed by atoms with van der Waals surface area (Å²) in [6.07, 6.45) is 4.94. The highest BCUT2D eigenvalue weighted by Crippen LogP contribution is 2.36. The maximum Gasteiger partial charge on any atom is 0.172 e. The number of thiocarbonyl (C=S) groups is 2. The molecule has 0 aromatic rings. The van der Waals surface area contributed by atoms with Crippen LogP contribution in [0.25, 0.3) is 0 Å². The molecule has 1 saturated carbocycles. The summed E-state index contributed by atoms with van der Waals surface area (Å²) < 4.78 is 0. The monoisotopic (exact) mass is 214 g/mol. The molecule has 0 aromatic carbocycles. The summed E-state index contributed by atoms with van der Waals surface area (Å²) >= 11 is 10.4. The summed E-state index contributed by atoms with van der Waals surface area (Å²) in [5.74, 6) is 0.599. The van der Waals surface area contributed by atoms with E-state index < -0.39 is 0 Å². The molecule has 2 nitrogen and oxygen atoms in total. The molecule has 2 N–H and O–H groups in total. The van der Waals surface area contributed by atoms with Gasteiger partial charge in [0.15, 0.2) is 5.11 Å². The molecule has 4 heteroatoms. The Morgan fingerprint density at radius 2 is 2.15 bits per heavy atom. The summed E-state index contributed by atoms with van der Waals surface area (Å²) in [5.41, 5.74) is -0.00926. The van der Waals surface area contributed by atoms with Crippen LogP contribution in [0.15, 0.2) is 0 Å². The van der Waals surface area contributed by atoms with Gasteiger partial charge in [0.25, 0.3) is 0 Å². The van der Waals surface area contributed by atoms with E-state index in [0.717, 1.165) is 11.4 Å². The Bertz CT molecular complexity index is 264. The molecule has 0 aromatic heterocycles. The van der Waals surface area contributed by atoms with Crippen LogP contribution in [0.3, 0.4) is 0 Å². The van der Waals surface area contributed by atoms with Gasteiger partial charge in [-0.25, -0.2) is 0 Å². The van der Waals surface area contributed by atoms with Crippen molar-refractivity contribution >= 4 is 34.5 Å². The van der Waals surface area contributed by atoms with Crippen LogP contribution in [0.4, 0.5) is 0 Å². The predicted octanol–water partition coefficient (Wildman–Crippen LogP) is 1.74. The van der Waals surface area contributed by atoms with E-state index in [4.69, 9.17) is 24.4 Å². The average Bonchev–Trinajstić information content (AvgIpc) is 2.35. The van der Waals surface area contributed by atoms with E-state index in [1.807, 2.05) is 0 Å². The van der Waals surface area contributed by atoms with Gasteiger partial charge in [0, 0.05) is 0 Å². The van der Waals surface area contributed by atoms with Gasteiger partial charge in [0.1, 0.15) is 4.99 Å². The van der Waals surface area contributed by atoms with Crippen molar-refractivity contribution in [3.8, 4) is 0 Å². The van der Waals surface area contributed by atoms with Crippen LogP contribution < -0.4 is 10.6 Å². The molecular formula is C9H14N2S2. The van der Waals surface area contributed by atoms with Crippen molar-refractivity contribution in [3.05, 3.63) is 0 Å². The second-order valence-electron chi connectivity index (χ2n) is 4.03. The average molecular weight is 214 g/mol. The van der Waals surface area contributed by atoms with E-state index in [9.17, 15) is 0 Å². The molecule has 72 valence electrons. The molecular weight excluding hydrogens is 200 g/mol. The molecule has 1 aliphatic heterocycles. The minimum atomic E-state index is -0.00926. The van der Waals surface area contributed by atoms with Gasteiger partial charge in [0.2, 0.25) is 0 Å². The topological polar surface area (TPSA) is 24.1 Å². The molecule has 1 heterocycles. The quantitative estimate of drug-likeness (QED) is 0.600. The Kier molecular flexibility index (Phi) is 2.28. The third-order valence-corrected chi connectivity index (χ3v) is 3.94. The van der Waals surface area contributed by atoms with Crippen LogP contribution in [0.1, 0.15) is 32.6 Å². The standard InChI is InChI=1S/C9H14N2S2/c1-6-4-2-3-5-9(6)7(12)10-8(13)11-9/h6H,2-5H2,1H3,(H2,10,11,12,13)/t6-,9+/m0/s1. The smallest absolute Gasteiger partial charge is 0.172 e. The first-order chi connectivity index (χ1) is 6.15. The molecule has 1 saturated heterocycles. The highest BCUT2D eigenvalue weighted by Gasteiger charge is 2.46. The highest BCUT2D eigenvalue weighted by atomic mass is 32.1. The maximum absolute atomic E-state index is 5.34. The molecule has 2 rings (SSSR count). The minimum Gasteiger partial charge on any atom is -0.350 e. The first-order valence-electron chi connectivity index (χ1n) is 4.79. The van der Waals surface area contributed by atoms with E-state index in [-0.39, 0.29) is 5.54 Å². The highest BCUT2D eigenvalue weighted by molar-refractivity contribution is 7.82. The van der Waals surface area contributed by atoms with Gasteiger partial charge in [-0.1, -0.05) is 32.0 Å². The number of nitrogens with one attached hydrogen (secondary N) is 2. The van der Waals surface area contributed by atoms with Crippen molar-refractivity contribution in [1.82, 2.24) is 10.6 Å². The van der Waals surface area contributed by atoms with Crippen LogP contribution in [0, 0.1) is 5.92 Å². The van der Waals surface area contributed by atoms with Crippen molar-refractivity contribution in [2.75, 3.05) is 0 Å². The van der Waals surface area contributed by atoms with Gasteiger partial charge in [0.05, 0.1) is 5.54 Å². The van der Waals surface area contributed by atoms with Crippen molar-refractivity contribution < 1.29 is 0 Å². The van der Waals surface area contributed by atoms with Crippen LogP contribution in [-0.4, -0.2) is 15.6 Å². The first kappa shape index (κ1) is 9.34. The molecule has 0 radical (unpaired) electrons. The number of hydrogen-bond donors (Lipinski definition) is 2. The normalized spacial score (nSPS) is 39.0. The minimum absolute atomic E-state index is 0.00926. The van der Waals surface area contributed by atoms with Gasteiger partial charge in [-0.05, 0) is 31.0 Å². The molecule has 0 bridgehead atoms. The SMILES string of the molecule is C[C@H]1CCCC[C@@]12NC(=S)NC2=S. The molecule has 1 aliphatic carbocycles. The zero-order chi connectivity index (χ0) is 9.47. The van der Waals surface area contributed by atoms with E-state index in [2.05, 4.69) is 17.6 Å². The second-order valence-corrected chi connectivity index (χ2v) is 4.84. The van der Waals surface area contributed by atoms with Crippen molar-refractivity contribution in [2.45, 2.75) is 38.1 Å². The van der Waals surface area contributed by atoms with Crippen molar-refractivity contribution in [1.29, 1.82) is 0 Å². The Morgan fingerprint density at radius 3 is 2.69 bits per heavy atom. The van der Waals surface area contributed by atoms with Crippen LogP contribution in [0.2, 0.25) is 0 Å². The van der Waals surface area contributed by atoms with E-state index in [1.54, 1.807) is 0 Å². The molecule has 0 unspecified atom stereocenters. The van der Waals surface area contributed by atoms with Crippen molar-refractivity contribution in [3.63, 3.8) is 0 Å².